The zero-order valence-electron chi connectivity index (χ0n) is 17.6. The Kier molecular flexibility index (Phi) is 5.37. The monoisotopic (exact) mass is 480 g/mol. The molecule has 1 aromatic carbocycles. The SMILES string of the molecule is Nc1nc2cc(OCC3=C[C@@H](n4ccc5c(N)ncnc54)[C@@H](C=O)[C@H]3C=O)cc(F)c2cc1Cl. The van der Waals surface area contributed by atoms with E-state index in [-0.39, 0.29) is 34.1 Å². The van der Waals surface area contributed by atoms with Crippen LogP contribution in [-0.4, -0.2) is 38.7 Å². The summed E-state index contributed by atoms with van der Waals surface area (Å²) in [5, 5.41) is 1.01. The average Bonchev–Trinajstić information content (AvgIpc) is 3.40. The lowest BCUT2D eigenvalue weighted by Crippen LogP contribution is -2.23. The van der Waals surface area contributed by atoms with Crippen molar-refractivity contribution >= 4 is 57.7 Å². The summed E-state index contributed by atoms with van der Waals surface area (Å²) < 4.78 is 22.2. The fourth-order valence-electron chi connectivity index (χ4n) is 4.33. The number of benzene rings is 1. The normalized spacial score (nSPS) is 19.9. The van der Waals surface area contributed by atoms with E-state index < -0.39 is 23.7 Å². The molecule has 1 aliphatic carbocycles. The highest BCUT2D eigenvalue weighted by Gasteiger charge is 2.38. The number of nitrogens with two attached hydrogens (primary N) is 2. The number of carbonyl (C=O) groups excluding carboxylic acids is 2. The number of nitrogens with zero attached hydrogens (tertiary/aromatic N) is 4. The lowest BCUT2D eigenvalue weighted by Gasteiger charge is -2.19. The van der Waals surface area contributed by atoms with Crippen LogP contribution >= 0.6 is 11.6 Å². The minimum Gasteiger partial charge on any atom is -0.489 e. The third-order valence-electron chi connectivity index (χ3n) is 6.03. The number of aldehydes is 2. The lowest BCUT2D eigenvalue weighted by atomic mass is 9.91. The number of anilines is 2. The molecule has 4 aromatic rings. The minimum absolute atomic E-state index is 0.0331. The lowest BCUT2D eigenvalue weighted by molar-refractivity contribution is -0.118. The first-order chi connectivity index (χ1) is 16.4. The molecule has 11 heteroatoms. The van der Waals surface area contributed by atoms with Crippen LogP contribution in [0.15, 0.2) is 48.4 Å². The maximum absolute atomic E-state index is 14.6. The predicted molar refractivity (Wildman–Crippen MR) is 125 cm³/mol. The Hall–Kier alpha value is -4.05. The minimum atomic E-state index is -0.711. The number of rotatable bonds is 6. The molecular formula is C23H18ClFN6O3. The van der Waals surface area contributed by atoms with Crippen molar-refractivity contribution in [1.82, 2.24) is 19.5 Å². The van der Waals surface area contributed by atoms with Crippen molar-refractivity contribution in [1.29, 1.82) is 0 Å². The fraction of sp³-hybridized carbons (Fsp3) is 0.174. The number of hydrogen-bond acceptors (Lipinski definition) is 8. The topological polar surface area (TPSA) is 139 Å². The first-order valence-electron chi connectivity index (χ1n) is 10.3. The molecule has 0 radical (unpaired) electrons. The number of nitrogen functional groups attached to an aromatic ring is 2. The van der Waals surface area contributed by atoms with Crippen LogP contribution in [0.5, 0.6) is 5.75 Å². The molecule has 4 N–H and O–H groups in total. The fourth-order valence-corrected chi connectivity index (χ4v) is 4.49. The number of carbonyl (C=O) groups is 2. The molecule has 0 fully saturated rings. The molecule has 0 bridgehead atoms. The highest BCUT2D eigenvalue weighted by molar-refractivity contribution is 6.33. The summed E-state index contributed by atoms with van der Waals surface area (Å²) in [5.41, 5.74) is 13.1. The molecule has 1 aliphatic rings. The highest BCUT2D eigenvalue weighted by Crippen LogP contribution is 2.39. The van der Waals surface area contributed by atoms with Gasteiger partial charge in [-0.05, 0) is 17.7 Å². The first-order valence-corrected chi connectivity index (χ1v) is 10.6. The molecule has 9 nitrogen and oxygen atoms in total. The van der Waals surface area contributed by atoms with Crippen molar-refractivity contribution in [3.05, 3.63) is 59.3 Å². The summed E-state index contributed by atoms with van der Waals surface area (Å²) in [5.74, 6) is -1.36. The Morgan fingerprint density at radius 3 is 2.71 bits per heavy atom. The summed E-state index contributed by atoms with van der Waals surface area (Å²) in [4.78, 5) is 36.2. The number of pyridine rings is 1. The standard InChI is InChI=1S/C23H18ClFN6O3/c24-17-6-14-18(25)4-12(5-19(14)30-22(17)27)34-9-11-3-20(16(8-33)15(11)7-32)31-2-1-13-21(26)28-10-29-23(13)31/h1-8,10,15-16,20H,9H2,(H2,27,30)(H2,26,28,29)/t15-,16-,20+/m0/s1. The molecule has 3 heterocycles. The number of halogens is 2. The molecule has 0 amide bonds. The summed E-state index contributed by atoms with van der Waals surface area (Å²) >= 11 is 5.94. The zero-order chi connectivity index (χ0) is 24.0. The van der Waals surface area contributed by atoms with Crippen molar-refractivity contribution in [3.63, 3.8) is 0 Å². The van der Waals surface area contributed by atoms with Gasteiger partial charge in [0.15, 0.2) is 0 Å². The Balaban J connectivity index is 1.47. The molecule has 34 heavy (non-hydrogen) atoms. The maximum atomic E-state index is 14.6. The molecule has 0 aliphatic heterocycles. The quantitative estimate of drug-likeness (QED) is 0.317. The van der Waals surface area contributed by atoms with Crippen molar-refractivity contribution in [2.75, 3.05) is 18.1 Å². The van der Waals surface area contributed by atoms with Crippen LogP contribution in [0.1, 0.15) is 6.04 Å². The van der Waals surface area contributed by atoms with Crippen LogP contribution in [-0.2, 0) is 9.59 Å². The third kappa shape index (κ3) is 3.52. The molecule has 5 rings (SSSR count). The van der Waals surface area contributed by atoms with Gasteiger partial charge in [0.2, 0.25) is 0 Å². The van der Waals surface area contributed by atoms with Gasteiger partial charge in [-0.1, -0.05) is 17.7 Å². The van der Waals surface area contributed by atoms with E-state index in [1.165, 1.54) is 24.5 Å². The molecule has 3 atom stereocenters. The van der Waals surface area contributed by atoms with E-state index in [9.17, 15) is 14.0 Å². The highest BCUT2D eigenvalue weighted by atomic mass is 35.5. The van der Waals surface area contributed by atoms with Crippen LogP contribution in [0, 0.1) is 17.7 Å². The predicted octanol–water partition coefficient (Wildman–Crippen LogP) is 3.13. The number of ether oxygens (including phenoxy) is 1. The number of fused-ring (bicyclic) bond motifs is 2. The van der Waals surface area contributed by atoms with Crippen LogP contribution < -0.4 is 16.2 Å². The van der Waals surface area contributed by atoms with Crippen LogP contribution in [0.2, 0.25) is 5.02 Å². The van der Waals surface area contributed by atoms with Gasteiger partial charge in [0, 0.05) is 23.7 Å². The second-order valence-electron chi connectivity index (χ2n) is 7.94. The zero-order valence-corrected chi connectivity index (χ0v) is 18.3. The van der Waals surface area contributed by atoms with E-state index >= 15 is 0 Å². The second kappa shape index (κ2) is 8.38. The molecular weight excluding hydrogens is 463 g/mol. The molecule has 0 saturated carbocycles. The molecule has 3 aromatic heterocycles. The Morgan fingerprint density at radius 2 is 1.94 bits per heavy atom. The van der Waals surface area contributed by atoms with Crippen molar-refractivity contribution < 1.29 is 18.7 Å². The van der Waals surface area contributed by atoms with Crippen LogP contribution in [0.4, 0.5) is 16.0 Å². The summed E-state index contributed by atoms with van der Waals surface area (Å²) in [7, 11) is 0. The van der Waals surface area contributed by atoms with E-state index in [4.69, 9.17) is 27.8 Å². The van der Waals surface area contributed by atoms with Crippen LogP contribution in [0.25, 0.3) is 21.9 Å². The Labute approximate surface area is 197 Å². The number of aromatic nitrogens is 4. The largest absolute Gasteiger partial charge is 0.489 e. The second-order valence-corrected chi connectivity index (χ2v) is 8.35. The average molecular weight is 481 g/mol. The van der Waals surface area contributed by atoms with E-state index in [0.29, 0.717) is 28.7 Å². The summed E-state index contributed by atoms with van der Waals surface area (Å²) in [6.07, 6.45) is 6.35. The molecule has 0 spiro atoms. The van der Waals surface area contributed by atoms with Crippen LogP contribution in [0.3, 0.4) is 0 Å². The smallest absolute Gasteiger partial charge is 0.146 e. The Morgan fingerprint density at radius 1 is 1.12 bits per heavy atom. The van der Waals surface area contributed by atoms with Gasteiger partial charge in [-0.25, -0.2) is 19.3 Å². The van der Waals surface area contributed by atoms with E-state index in [1.54, 1.807) is 22.9 Å². The van der Waals surface area contributed by atoms with Gasteiger partial charge in [0.05, 0.1) is 33.8 Å². The summed E-state index contributed by atoms with van der Waals surface area (Å²) in [6, 6.07) is 5.42. The molecule has 172 valence electrons. The molecule has 0 unspecified atom stereocenters. The van der Waals surface area contributed by atoms with Crippen molar-refractivity contribution in [2.24, 2.45) is 11.8 Å². The summed E-state index contributed by atoms with van der Waals surface area (Å²) in [6.45, 7) is -0.0331. The van der Waals surface area contributed by atoms with Gasteiger partial charge in [0.25, 0.3) is 0 Å². The van der Waals surface area contributed by atoms with Gasteiger partial charge >= 0.3 is 0 Å². The third-order valence-corrected chi connectivity index (χ3v) is 6.33. The number of allylic oxidation sites excluding steroid dienone is 1. The van der Waals surface area contributed by atoms with E-state index in [2.05, 4.69) is 15.0 Å². The van der Waals surface area contributed by atoms with Crippen molar-refractivity contribution in [3.8, 4) is 5.75 Å². The van der Waals surface area contributed by atoms with Gasteiger partial charge in [-0.2, -0.15) is 0 Å². The Bertz CT molecular complexity index is 1490. The van der Waals surface area contributed by atoms with E-state index in [1.807, 2.05) is 0 Å². The maximum Gasteiger partial charge on any atom is 0.146 e. The van der Waals surface area contributed by atoms with Gasteiger partial charge < -0.3 is 30.4 Å². The first kappa shape index (κ1) is 21.8. The molecule has 0 saturated heterocycles. The number of hydrogen-bond donors (Lipinski definition) is 2. The van der Waals surface area contributed by atoms with E-state index in [0.717, 1.165) is 6.29 Å². The van der Waals surface area contributed by atoms with Gasteiger partial charge in [-0.3, -0.25) is 0 Å². The van der Waals surface area contributed by atoms with Gasteiger partial charge in [0.1, 0.15) is 54.4 Å². The van der Waals surface area contributed by atoms with Gasteiger partial charge in [-0.15, -0.1) is 0 Å². The van der Waals surface area contributed by atoms with Crippen molar-refractivity contribution in [2.45, 2.75) is 6.04 Å².